The van der Waals surface area contributed by atoms with Gasteiger partial charge in [-0.1, -0.05) is 88.5 Å². The average molecular weight is 1910 g/mol. The molecule has 0 saturated heterocycles. The summed E-state index contributed by atoms with van der Waals surface area (Å²) in [6, 6.07) is 43.5. The molecule has 2 radical (unpaired) electrons. The Morgan fingerprint density at radius 1 is 0.508 bits per heavy atom. The van der Waals surface area contributed by atoms with Crippen LogP contribution in [0.4, 0.5) is 47.3 Å². The second-order valence-corrected chi connectivity index (χ2v) is 35.0. The van der Waals surface area contributed by atoms with E-state index >= 15 is 0 Å². The number of fused-ring (bicyclic) bond motifs is 3. The number of carbonyl (C=O) groups is 8. The van der Waals surface area contributed by atoms with E-state index in [0.29, 0.717) is 104 Å². The molecular weight excluding hydrogens is 1820 g/mol. The van der Waals surface area contributed by atoms with Crippen molar-refractivity contribution in [3.63, 3.8) is 0 Å². The summed E-state index contributed by atoms with van der Waals surface area (Å²) < 4.78 is 47.1. The Morgan fingerprint density at radius 3 is 1.14 bits per heavy atom. The number of nitro groups is 1. The summed E-state index contributed by atoms with van der Waals surface area (Å²) in [6.07, 6.45) is 5.01. The number of amides is 7. The summed E-state index contributed by atoms with van der Waals surface area (Å²) in [4.78, 5) is 126. The molecule has 38 heteroatoms. The number of anilines is 5. The van der Waals surface area contributed by atoms with Crippen molar-refractivity contribution in [2.24, 2.45) is 0 Å². The Kier molecular flexibility index (Phi) is 32.3. The number of nitrogens with one attached hydrogen (secondary N) is 7. The van der Waals surface area contributed by atoms with Crippen molar-refractivity contribution in [2.75, 3.05) is 46.6 Å². The minimum absolute atomic E-state index is 0.00477. The van der Waals surface area contributed by atoms with Gasteiger partial charge >= 0.3 is 42.4 Å². The van der Waals surface area contributed by atoms with Crippen LogP contribution in [0.15, 0.2) is 208 Å². The number of nitrogen functional groups attached to an aromatic ring is 1. The monoisotopic (exact) mass is 1910 g/mol. The number of halogens is 6. The van der Waals surface area contributed by atoms with Gasteiger partial charge < -0.3 is 72.0 Å². The number of nitro benzene ring substituents is 1. The van der Waals surface area contributed by atoms with E-state index in [-0.39, 0.29) is 103 Å². The summed E-state index contributed by atoms with van der Waals surface area (Å²) in [6.45, 7) is 19.5. The topological polar surface area (TPSA) is 425 Å². The SMILES string of the molecule is C=CC(=O)Cl.C=CC(=O)Nc1cc(Cn2nc(C(=O)Nc3cccc([C@H](C)O)c3)c3c2C(C)CN(C(=O)c2ccc[nH]2)C3)ccc1F.CC1CN(C(=O)c2ccc[nH]2)Cc2c(C(=O)Nc3cccc([C@H](C)O)c3)nn(Cc3ccc(F)c(N)c3)c21.CC1CN(C(=O)c2ccc[nH]2)Cc2c(C(=O)Nc3cccc([C@H](C)O)c3)nn(Cc3ccc(F)c([N+](=O)[O-])c3)c21.[Cl][Sn][Cl]. The van der Waals surface area contributed by atoms with Crippen molar-refractivity contribution in [3.8, 4) is 0 Å². The molecule has 0 aliphatic carbocycles. The molecular formula is C90H90Cl3F3N18O13Sn. The number of H-pyrrole nitrogens is 3. The van der Waals surface area contributed by atoms with Crippen LogP contribution in [0.25, 0.3) is 0 Å². The molecule has 12 N–H and O–H groups in total. The summed E-state index contributed by atoms with van der Waals surface area (Å²) in [5.41, 5.74) is 16.4. The fraction of sp³-hybridized carbons (Fsp3) is 0.233. The molecule has 31 nitrogen and oxygen atoms in total. The van der Waals surface area contributed by atoms with E-state index in [0.717, 1.165) is 41.2 Å². The molecule has 6 aromatic heterocycles. The first-order valence-corrected chi connectivity index (χ1v) is 47.6. The molecule has 6 aromatic carbocycles. The number of aromatic nitrogens is 9. The molecule has 0 bridgehead atoms. The molecule has 7 amide bonds. The molecule has 3 aliphatic rings. The van der Waals surface area contributed by atoms with Crippen molar-refractivity contribution in [1.82, 2.24) is 59.0 Å². The Hall–Kier alpha value is -13.2. The van der Waals surface area contributed by atoms with E-state index in [9.17, 15) is 77.0 Å². The Morgan fingerprint density at radius 2 is 0.836 bits per heavy atom. The summed E-state index contributed by atoms with van der Waals surface area (Å²) in [5.74, 6) is -5.09. The van der Waals surface area contributed by atoms with Gasteiger partial charge in [-0.25, -0.2) is 8.78 Å². The van der Waals surface area contributed by atoms with E-state index in [1.54, 1.807) is 196 Å². The first kappa shape index (κ1) is 95.4. The Bertz CT molecular complexity index is 6100. The van der Waals surface area contributed by atoms with Crippen molar-refractivity contribution in [1.29, 1.82) is 0 Å². The van der Waals surface area contributed by atoms with Gasteiger partial charge in [-0.2, -0.15) is 19.7 Å². The Balaban J connectivity index is 0.000000178. The van der Waals surface area contributed by atoms with Crippen LogP contribution in [-0.4, -0.2) is 164 Å². The predicted octanol–water partition coefficient (Wildman–Crippen LogP) is 14.9. The van der Waals surface area contributed by atoms with Crippen molar-refractivity contribution >= 4 is 129 Å². The van der Waals surface area contributed by atoms with Crippen LogP contribution < -0.4 is 27.0 Å². The zero-order chi connectivity index (χ0) is 92.5. The predicted molar refractivity (Wildman–Crippen MR) is 479 cm³/mol. The van der Waals surface area contributed by atoms with Crippen molar-refractivity contribution < 1.29 is 71.8 Å². The quantitative estimate of drug-likeness (QED) is 0.00750. The average Bonchev–Trinajstić information content (AvgIpc) is 1.62. The molecule has 6 atom stereocenters. The van der Waals surface area contributed by atoms with Gasteiger partial charge in [0.15, 0.2) is 17.1 Å². The number of rotatable bonds is 22. The van der Waals surface area contributed by atoms with Crippen molar-refractivity contribution in [3.05, 3.63) is 337 Å². The number of nitrogens with two attached hydrogens (primary N) is 1. The molecule has 0 saturated carbocycles. The van der Waals surface area contributed by atoms with Crippen molar-refractivity contribution in [2.45, 2.75) is 117 Å². The van der Waals surface area contributed by atoms with Crippen LogP contribution in [0, 0.1) is 27.6 Å². The van der Waals surface area contributed by atoms with E-state index < -0.39 is 94.1 Å². The van der Waals surface area contributed by atoms with Gasteiger partial charge in [0.05, 0.1) is 73.9 Å². The standard InChI is InChI=1S/C31H31FN6O4.C28H27FN6O5.C28H29FN6O3.C3H3ClO.2ClH.Sn/c1-4-27(40)35-26-13-20(10-11-24(26)32)16-38-29-18(2)15-37(31(42)25-9-6-12-33-25)17-23(29)28(36-38)30(41)34-22-8-5-7-21(14-22)19(3)39;1-16-13-33(28(38)23-7-4-10-30-23)15-21-25(27(37)31-20-6-3-5-19(12-20)17(2)36)32-34(26(16)21)14-18-8-9-22(29)24(11-18)35(39)40;1-16-13-34(28(38)24-7-4-10-31-24)15-21-25(27(37)32-20-6-3-5-19(12-20)17(2)36)33-35(26(16)21)14-18-8-9-22(29)23(30)11-18;1-2-3(4)5;;;/h4-14,18-19,33,39H,1,15-17H2,2-3H3,(H,34,41)(H,35,40);3-12,16-17,30,36H,13-15H2,1-2H3,(H,31,37);3-12,16-17,31,36H,13-15,30H2,1-2H3,(H,32,37);2H,1H2;2*1H;/q;;;;;;+2/p-2/t18?,19-;2*16?,17-;;;;/m000..../s1. The number of allylic oxidation sites excluding steroid dienone is 1. The van der Waals surface area contributed by atoms with Crippen LogP contribution in [-0.2, 0) is 48.9 Å². The van der Waals surface area contributed by atoms with Crippen LogP contribution in [0.2, 0.25) is 0 Å². The first-order chi connectivity index (χ1) is 61.1. The number of benzene rings is 6. The molecule has 15 rings (SSSR count). The Labute approximate surface area is 755 Å². The maximum absolute atomic E-state index is 14.4. The molecule has 3 unspecified atom stereocenters. The van der Waals surface area contributed by atoms with E-state index in [2.05, 4.69) is 64.7 Å². The van der Waals surface area contributed by atoms with E-state index in [1.165, 1.54) is 24.3 Å². The molecule has 9 heterocycles. The fourth-order valence-electron chi connectivity index (χ4n) is 15.1. The van der Waals surface area contributed by atoms with Gasteiger partial charge in [0, 0.05) is 113 Å². The molecule has 0 spiro atoms. The number of nitrogens with zero attached hydrogens (tertiary/aromatic N) is 10. The van der Waals surface area contributed by atoms with Crippen LogP contribution >= 0.6 is 29.4 Å². The third-order valence-corrected chi connectivity index (χ3v) is 21.1. The van der Waals surface area contributed by atoms with Crippen LogP contribution in [0.3, 0.4) is 0 Å². The van der Waals surface area contributed by atoms with Gasteiger partial charge in [0.1, 0.15) is 28.7 Å². The zero-order valence-electron chi connectivity index (χ0n) is 70.0. The third kappa shape index (κ3) is 23.5. The van der Waals surface area contributed by atoms with Gasteiger partial charge in [-0.15, -0.1) is 0 Å². The summed E-state index contributed by atoms with van der Waals surface area (Å²) >= 11 is 3.88. The van der Waals surface area contributed by atoms with Crippen LogP contribution in [0.1, 0.15) is 208 Å². The molecule has 3 aliphatic heterocycles. The van der Waals surface area contributed by atoms with Gasteiger partial charge in [0.25, 0.3) is 35.4 Å². The number of aliphatic hydroxyl groups is 3. The number of aromatic amines is 3. The zero-order valence-corrected chi connectivity index (χ0v) is 75.1. The summed E-state index contributed by atoms with van der Waals surface area (Å²) in [5, 5.41) is 65.6. The van der Waals surface area contributed by atoms with E-state index in [4.69, 9.17) is 35.2 Å². The first-order valence-electron chi connectivity index (χ1n) is 40.0. The number of hydrogen-bond acceptors (Lipinski definition) is 17. The number of aliphatic hydroxyl groups excluding tert-OH is 3. The number of carbonyl (C=O) groups excluding carboxylic acids is 8. The maximum atomic E-state index is 14.4. The van der Waals surface area contributed by atoms with Gasteiger partial charge in [-0.3, -0.25) is 62.5 Å². The van der Waals surface area contributed by atoms with E-state index in [1.807, 2.05) is 20.8 Å². The second-order valence-electron chi connectivity index (χ2n) is 30.4. The van der Waals surface area contributed by atoms with Gasteiger partial charge in [0.2, 0.25) is 17.0 Å². The van der Waals surface area contributed by atoms with Crippen LogP contribution in [0.5, 0.6) is 0 Å². The molecule has 12 aromatic rings. The van der Waals surface area contributed by atoms with Gasteiger partial charge in [-0.05, 0) is 181 Å². The normalized spacial score (nSPS) is 14.8. The summed E-state index contributed by atoms with van der Waals surface area (Å²) in [7, 11) is 9.87. The molecule has 664 valence electrons. The molecule has 0 fully saturated rings. The minimum atomic E-state index is -0.942. The molecule has 128 heavy (non-hydrogen) atoms. The second kappa shape index (κ2) is 43.3. The third-order valence-electron chi connectivity index (χ3n) is 21.0. The number of hydrogen-bond donors (Lipinski definition) is 11. The fourth-order valence-corrected chi connectivity index (χ4v) is 15.1.